The summed E-state index contributed by atoms with van der Waals surface area (Å²) >= 11 is 0. The van der Waals surface area contributed by atoms with E-state index < -0.39 is 14.3 Å². The molecule has 0 saturated heterocycles. The predicted octanol–water partition coefficient (Wildman–Crippen LogP) is 5.94. The number of benzene rings is 1. The van der Waals surface area contributed by atoms with Crippen molar-refractivity contribution in [2.45, 2.75) is 79.3 Å². The van der Waals surface area contributed by atoms with Gasteiger partial charge in [-0.05, 0) is 69.6 Å². The fourth-order valence-electron chi connectivity index (χ4n) is 2.32. The quantitative estimate of drug-likeness (QED) is 0.202. The fraction of sp³-hybridized carbons (Fsp3) is 0.609. The topological polar surface area (TPSA) is 54.0 Å². The number of carbonyl (C=O) groups excluding carboxylic acids is 1. The second kappa shape index (κ2) is 10.8. The summed E-state index contributed by atoms with van der Waals surface area (Å²) in [5.74, 6) is 0.530. The maximum absolute atomic E-state index is 12.2. The first-order valence-corrected chi connectivity index (χ1v) is 13.3. The van der Waals surface area contributed by atoms with E-state index in [4.69, 9.17) is 18.6 Å². The third kappa shape index (κ3) is 7.86. The minimum Gasteiger partial charge on any atom is -0.494 e. The van der Waals surface area contributed by atoms with Crippen LogP contribution < -0.4 is 4.74 Å². The van der Waals surface area contributed by atoms with Crippen LogP contribution in [-0.2, 0) is 25.3 Å². The van der Waals surface area contributed by atoms with Crippen LogP contribution in [0.3, 0.4) is 0 Å². The second-order valence-corrected chi connectivity index (χ2v) is 13.6. The molecule has 0 unspecified atom stereocenters. The molecule has 1 rings (SSSR count). The van der Waals surface area contributed by atoms with Gasteiger partial charge in [-0.3, -0.25) is 0 Å². The molecule has 0 aliphatic carbocycles. The normalized spacial score (nSPS) is 12.8. The Morgan fingerprint density at radius 2 is 1.79 bits per heavy atom. The molecule has 0 amide bonds. The zero-order chi connectivity index (χ0) is 22.2. The smallest absolute Gasteiger partial charge is 0.373 e. The van der Waals surface area contributed by atoms with Crippen LogP contribution in [-0.4, -0.2) is 33.6 Å². The molecule has 1 aromatic carbocycles. The summed E-state index contributed by atoms with van der Waals surface area (Å²) in [4.78, 5) is 12.2. The summed E-state index contributed by atoms with van der Waals surface area (Å²) < 4.78 is 23.0. The maximum atomic E-state index is 12.2. The maximum Gasteiger partial charge on any atom is 0.373 e. The third-order valence-corrected chi connectivity index (χ3v) is 9.39. The first-order valence-electron chi connectivity index (χ1n) is 10.4. The van der Waals surface area contributed by atoms with Gasteiger partial charge in [-0.25, -0.2) is 4.79 Å². The van der Waals surface area contributed by atoms with Crippen molar-refractivity contribution in [2.75, 3.05) is 13.2 Å². The van der Waals surface area contributed by atoms with Gasteiger partial charge in [0.05, 0.1) is 25.9 Å². The van der Waals surface area contributed by atoms with Crippen molar-refractivity contribution in [3.8, 4) is 5.75 Å². The lowest BCUT2D eigenvalue weighted by Gasteiger charge is -2.36. The molecule has 0 heterocycles. The molecule has 0 aliphatic rings. The van der Waals surface area contributed by atoms with Crippen molar-refractivity contribution in [3.05, 3.63) is 35.1 Å². The van der Waals surface area contributed by atoms with Gasteiger partial charge in [0, 0.05) is 5.56 Å². The molecule has 6 heteroatoms. The Morgan fingerprint density at radius 1 is 1.14 bits per heavy atom. The van der Waals surface area contributed by atoms with Gasteiger partial charge in [-0.1, -0.05) is 26.8 Å². The van der Waals surface area contributed by atoms with Crippen LogP contribution in [0.25, 0.3) is 6.08 Å². The molecule has 0 spiro atoms. The van der Waals surface area contributed by atoms with E-state index in [1.165, 1.54) is 0 Å². The van der Waals surface area contributed by atoms with Crippen LogP contribution in [0.5, 0.6) is 5.75 Å². The summed E-state index contributed by atoms with van der Waals surface area (Å²) in [6, 6.07) is 5.81. The molecule has 0 saturated carbocycles. The van der Waals surface area contributed by atoms with Crippen LogP contribution in [0.1, 0.15) is 59.6 Å². The van der Waals surface area contributed by atoms with E-state index in [1.54, 1.807) is 13.0 Å². The average Bonchev–Trinajstić information content (AvgIpc) is 2.60. The molecule has 0 atom stereocenters. The molecule has 5 nitrogen and oxygen atoms in total. The first-order chi connectivity index (χ1) is 13.4. The largest absolute Gasteiger partial charge is 0.494 e. The monoisotopic (exact) mass is 422 g/mol. The molecular weight excluding hydrogens is 384 g/mol. The number of esters is 1. The van der Waals surface area contributed by atoms with Crippen molar-refractivity contribution in [1.29, 1.82) is 0 Å². The van der Waals surface area contributed by atoms with Crippen LogP contribution in [0.4, 0.5) is 0 Å². The van der Waals surface area contributed by atoms with E-state index in [-0.39, 0.29) is 16.9 Å². The van der Waals surface area contributed by atoms with Gasteiger partial charge in [0.25, 0.3) is 0 Å². The highest BCUT2D eigenvalue weighted by atomic mass is 28.4. The number of ether oxygens (including phenoxy) is 3. The van der Waals surface area contributed by atoms with E-state index in [0.29, 0.717) is 19.8 Å². The molecule has 0 bridgehead atoms. The molecule has 0 aromatic heterocycles. The molecule has 0 fully saturated rings. The average molecular weight is 423 g/mol. The van der Waals surface area contributed by atoms with Gasteiger partial charge in [-0.2, -0.15) is 0 Å². The second-order valence-electron chi connectivity index (χ2n) is 8.74. The number of rotatable bonds is 10. The Kier molecular flexibility index (Phi) is 9.43. The van der Waals surface area contributed by atoms with Crippen LogP contribution in [0.2, 0.25) is 18.1 Å². The highest BCUT2D eigenvalue weighted by Crippen LogP contribution is 2.37. The van der Waals surface area contributed by atoms with Crippen molar-refractivity contribution in [2.24, 2.45) is 0 Å². The molecule has 0 N–H and O–H groups in total. The van der Waals surface area contributed by atoms with Gasteiger partial charge < -0.3 is 18.6 Å². The molecule has 1 aromatic rings. The minimum atomic E-state index is -1.90. The molecule has 29 heavy (non-hydrogen) atoms. The highest BCUT2D eigenvalue weighted by molar-refractivity contribution is 6.74. The van der Waals surface area contributed by atoms with Crippen molar-refractivity contribution in [3.63, 3.8) is 0 Å². The van der Waals surface area contributed by atoms with Crippen LogP contribution in [0.15, 0.2) is 24.0 Å². The molecule has 0 aliphatic heterocycles. The molecule has 0 radical (unpaired) electrons. The molecular formula is C23H38O5Si. The Morgan fingerprint density at radius 3 is 2.31 bits per heavy atom. The first kappa shape index (κ1) is 25.2. The lowest BCUT2D eigenvalue weighted by Crippen LogP contribution is -2.40. The summed E-state index contributed by atoms with van der Waals surface area (Å²) in [7, 11) is -1.90. The van der Waals surface area contributed by atoms with Crippen molar-refractivity contribution in [1.82, 2.24) is 0 Å². The lowest BCUT2D eigenvalue weighted by molar-refractivity contribution is -0.143. The van der Waals surface area contributed by atoms with Crippen molar-refractivity contribution >= 4 is 20.4 Å². The van der Waals surface area contributed by atoms with Gasteiger partial charge in [0.15, 0.2) is 8.32 Å². The number of hydrogen-bond acceptors (Lipinski definition) is 5. The fourth-order valence-corrected chi connectivity index (χ4v) is 3.27. The lowest BCUT2D eigenvalue weighted by atomic mass is 10.1. The Bertz CT molecular complexity index is 702. The van der Waals surface area contributed by atoms with E-state index in [2.05, 4.69) is 33.9 Å². The van der Waals surface area contributed by atoms with Crippen molar-refractivity contribution < 1.29 is 23.4 Å². The van der Waals surface area contributed by atoms with Gasteiger partial charge in [0.2, 0.25) is 5.76 Å². The SMILES string of the molecule is CCOC(=O)C(=Cc1ccc(OCC)c(CO[Si](C)(C)C(C)(C)C)c1)OC(C)C. The summed E-state index contributed by atoms with van der Waals surface area (Å²) in [5.41, 5.74) is 1.80. The van der Waals surface area contributed by atoms with Crippen LogP contribution >= 0.6 is 0 Å². The van der Waals surface area contributed by atoms with E-state index >= 15 is 0 Å². The number of hydrogen-bond donors (Lipinski definition) is 0. The Labute approximate surface area is 177 Å². The van der Waals surface area contributed by atoms with Gasteiger partial charge >= 0.3 is 5.97 Å². The minimum absolute atomic E-state index is 0.123. The summed E-state index contributed by atoms with van der Waals surface area (Å²) in [6.45, 7) is 19.9. The van der Waals surface area contributed by atoms with Gasteiger partial charge in [0.1, 0.15) is 5.75 Å². The Hall–Kier alpha value is -1.79. The van der Waals surface area contributed by atoms with Crippen LogP contribution in [0, 0.1) is 0 Å². The summed E-state index contributed by atoms with van der Waals surface area (Å²) in [5, 5.41) is 0.123. The standard InChI is InChI=1S/C23H38O5Si/c1-10-25-20-13-12-18(15-21(28-17(3)4)22(24)26-11-2)14-19(20)16-27-29(8,9)23(5,6)7/h12-15,17H,10-11,16H2,1-9H3. The van der Waals surface area contributed by atoms with Gasteiger partial charge in [-0.15, -0.1) is 0 Å². The third-order valence-electron chi connectivity index (χ3n) is 4.92. The highest BCUT2D eigenvalue weighted by Gasteiger charge is 2.37. The van der Waals surface area contributed by atoms with E-state index in [0.717, 1.165) is 16.9 Å². The zero-order valence-corrected chi connectivity index (χ0v) is 20.5. The van der Waals surface area contributed by atoms with E-state index in [9.17, 15) is 4.79 Å². The molecule has 164 valence electrons. The zero-order valence-electron chi connectivity index (χ0n) is 19.5. The van der Waals surface area contributed by atoms with E-state index in [1.807, 2.05) is 39.0 Å². The Balaban J connectivity index is 3.23. The predicted molar refractivity (Wildman–Crippen MR) is 120 cm³/mol. The summed E-state index contributed by atoms with van der Waals surface area (Å²) in [6.07, 6.45) is 1.58. The number of carbonyl (C=O) groups is 1.